The molecule has 1 aliphatic carbocycles. The molecule has 1 aromatic rings. The first kappa shape index (κ1) is 13.9. The summed E-state index contributed by atoms with van der Waals surface area (Å²) in [5.74, 6) is 0.304. The first-order chi connectivity index (χ1) is 10.3. The molecule has 0 spiro atoms. The summed E-state index contributed by atoms with van der Waals surface area (Å²) in [6, 6.07) is 8.40. The predicted molar refractivity (Wildman–Crippen MR) is 85.0 cm³/mol. The molecule has 0 fully saturated rings. The fraction of sp³-hybridized carbons (Fsp3) is 0.389. The van der Waals surface area contributed by atoms with Crippen molar-refractivity contribution in [3.63, 3.8) is 0 Å². The van der Waals surface area contributed by atoms with Gasteiger partial charge in [-0.15, -0.1) is 0 Å². The Morgan fingerprint density at radius 2 is 2.29 bits per heavy atom. The highest BCUT2D eigenvalue weighted by molar-refractivity contribution is 5.86. The third-order valence-corrected chi connectivity index (χ3v) is 4.17. The van der Waals surface area contributed by atoms with Crippen molar-refractivity contribution in [3.05, 3.63) is 47.6 Å². The SMILES string of the molecule is CCOC(=O)/C=C1\C=C2c3ccccc3NCC2CCC1. The lowest BCUT2D eigenvalue weighted by molar-refractivity contribution is -0.137. The number of anilines is 1. The van der Waals surface area contributed by atoms with Crippen LogP contribution < -0.4 is 5.32 Å². The van der Waals surface area contributed by atoms with Gasteiger partial charge in [0, 0.05) is 29.8 Å². The van der Waals surface area contributed by atoms with Crippen LogP contribution in [0.2, 0.25) is 0 Å². The van der Waals surface area contributed by atoms with Crippen molar-refractivity contribution in [2.24, 2.45) is 5.92 Å². The zero-order chi connectivity index (χ0) is 14.7. The van der Waals surface area contributed by atoms with Crippen molar-refractivity contribution in [1.29, 1.82) is 0 Å². The van der Waals surface area contributed by atoms with Crippen LogP contribution >= 0.6 is 0 Å². The van der Waals surface area contributed by atoms with Crippen LogP contribution in [0.25, 0.3) is 5.57 Å². The van der Waals surface area contributed by atoms with Crippen LogP contribution in [0.3, 0.4) is 0 Å². The standard InChI is InChI=1S/C18H21NO2/c1-2-21-18(20)11-13-6-5-7-14-12-19-17-9-4-3-8-15(17)16(14)10-13/h3-4,8-11,14,19H,2,5-7,12H2,1H3/b13-11-. The molecule has 1 atom stereocenters. The van der Waals surface area contributed by atoms with Gasteiger partial charge >= 0.3 is 5.97 Å². The summed E-state index contributed by atoms with van der Waals surface area (Å²) in [4.78, 5) is 11.7. The van der Waals surface area contributed by atoms with E-state index in [1.807, 2.05) is 6.92 Å². The Bertz CT molecular complexity index is 601. The molecule has 2 aliphatic rings. The van der Waals surface area contributed by atoms with Gasteiger partial charge in [-0.3, -0.25) is 0 Å². The summed E-state index contributed by atoms with van der Waals surface area (Å²) in [6.07, 6.45) is 7.08. The second-order valence-corrected chi connectivity index (χ2v) is 5.59. The number of allylic oxidation sites excluding steroid dienone is 2. The van der Waals surface area contributed by atoms with E-state index in [1.165, 1.54) is 16.8 Å². The van der Waals surface area contributed by atoms with Gasteiger partial charge < -0.3 is 10.1 Å². The average molecular weight is 283 g/mol. The molecule has 0 amide bonds. The lowest BCUT2D eigenvalue weighted by atomic mass is 9.86. The van der Waals surface area contributed by atoms with Crippen molar-refractivity contribution in [1.82, 2.24) is 0 Å². The fourth-order valence-corrected chi connectivity index (χ4v) is 3.18. The number of benzene rings is 1. The van der Waals surface area contributed by atoms with Crippen molar-refractivity contribution in [2.75, 3.05) is 18.5 Å². The summed E-state index contributed by atoms with van der Waals surface area (Å²) in [7, 11) is 0. The van der Waals surface area contributed by atoms with Crippen LogP contribution in [0.15, 0.2) is 42.0 Å². The molecule has 1 aliphatic heterocycles. The van der Waals surface area contributed by atoms with Gasteiger partial charge in [0.05, 0.1) is 6.61 Å². The van der Waals surface area contributed by atoms with Crippen LogP contribution in [0.5, 0.6) is 0 Å². The van der Waals surface area contributed by atoms with Gasteiger partial charge in [-0.25, -0.2) is 4.79 Å². The molecule has 1 aromatic carbocycles. The third kappa shape index (κ3) is 3.02. The van der Waals surface area contributed by atoms with E-state index in [9.17, 15) is 4.79 Å². The molecule has 21 heavy (non-hydrogen) atoms. The Balaban J connectivity index is 1.97. The minimum Gasteiger partial charge on any atom is -0.463 e. The number of carbonyl (C=O) groups excluding carboxylic acids is 1. The fourth-order valence-electron chi connectivity index (χ4n) is 3.18. The van der Waals surface area contributed by atoms with Crippen LogP contribution in [0, 0.1) is 5.92 Å². The van der Waals surface area contributed by atoms with Gasteiger partial charge in [-0.1, -0.05) is 24.3 Å². The molecule has 1 heterocycles. The summed E-state index contributed by atoms with van der Waals surface area (Å²) >= 11 is 0. The predicted octanol–water partition coefficient (Wildman–Crippen LogP) is 3.79. The molecule has 3 nitrogen and oxygen atoms in total. The smallest absolute Gasteiger partial charge is 0.331 e. The van der Waals surface area contributed by atoms with Gasteiger partial charge in [0.25, 0.3) is 0 Å². The van der Waals surface area contributed by atoms with E-state index in [0.29, 0.717) is 12.5 Å². The van der Waals surface area contributed by atoms with Crippen molar-refractivity contribution in [2.45, 2.75) is 26.2 Å². The van der Waals surface area contributed by atoms with Crippen LogP contribution in [0.4, 0.5) is 5.69 Å². The number of hydrogen-bond acceptors (Lipinski definition) is 3. The maximum absolute atomic E-state index is 11.7. The van der Waals surface area contributed by atoms with E-state index in [0.717, 1.165) is 31.4 Å². The van der Waals surface area contributed by atoms with E-state index in [4.69, 9.17) is 4.74 Å². The second kappa shape index (κ2) is 6.17. The number of rotatable bonds is 2. The maximum atomic E-state index is 11.7. The minimum atomic E-state index is -0.231. The van der Waals surface area contributed by atoms with E-state index in [1.54, 1.807) is 6.08 Å². The summed E-state index contributed by atoms with van der Waals surface area (Å²) in [6.45, 7) is 3.24. The van der Waals surface area contributed by atoms with Gasteiger partial charge in [0.15, 0.2) is 0 Å². The van der Waals surface area contributed by atoms with Crippen molar-refractivity contribution in [3.8, 4) is 0 Å². The Kier molecular flexibility index (Phi) is 4.09. The van der Waals surface area contributed by atoms with Crippen LogP contribution in [0.1, 0.15) is 31.7 Å². The minimum absolute atomic E-state index is 0.231. The average Bonchev–Trinajstić information content (AvgIpc) is 2.69. The molecule has 1 N–H and O–H groups in total. The number of nitrogens with one attached hydrogen (secondary N) is 1. The highest BCUT2D eigenvalue weighted by Gasteiger charge is 2.25. The maximum Gasteiger partial charge on any atom is 0.331 e. The highest BCUT2D eigenvalue weighted by atomic mass is 16.5. The largest absolute Gasteiger partial charge is 0.463 e. The second-order valence-electron chi connectivity index (χ2n) is 5.59. The van der Waals surface area contributed by atoms with Gasteiger partial charge in [-0.2, -0.15) is 0 Å². The summed E-state index contributed by atoms with van der Waals surface area (Å²) < 4.78 is 5.03. The molecule has 0 bridgehead atoms. The Morgan fingerprint density at radius 3 is 3.14 bits per heavy atom. The first-order valence-electron chi connectivity index (χ1n) is 7.70. The van der Waals surface area contributed by atoms with Crippen LogP contribution in [-0.4, -0.2) is 19.1 Å². The molecular weight excluding hydrogens is 262 g/mol. The normalized spacial score (nSPS) is 22.4. The molecule has 0 aromatic heterocycles. The summed E-state index contributed by atoms with van der Waals surface area (Å²) in [5.41, 5.74) is 4.91. The molecule has 0 saturated carbocycles. The quantitative estimate of drug-likeness (QED) is 0.663. The lowest BCUT2D eigenvalue weighted by Crippen LogP contribution is -2.21. The molecule has 0 saturated heterocycles. The van der Waals surface area contributed by atoms with Gasteiger partial charge in [0.1, 0.15) is 0 Å². The topological polar surface area (TPSA) is 38.3 Å². The third-order valence-electron chi connectivity index (χ3n) is 4.17. The lowest BCUT2D eigenvalue weighted by Gasteiger charge is -2.28. The Labute approximate surface area is 125 Å². The summed E-state index contributed by atoms with van der Waals surface area (Å²) in [5, 5.41) is 3.51. The van der Waals surface area contributed by atoms with Crippen LogP contribution in [-0.2, 0) is 9.53 Å². The first-order valence-corrected chi connectivity index (χ1v) is 7.70. The van der Waals surface area contributed by atoms with Crippen molar-refractivity contribution >= 4 is 17.2 Å². The van der Waals surface area contributed by atoms with Gasteiger partial charge in [0.2, 0.25) is 0 Å². The van der Waals surface area contributed by atoms with E-state index < -0.39 is 0 Å². The van der Waals surface area contributed by atoms with E-state index >= 15 is 0 Å². The Morgan fingerprint density at radius 1 is 1.43 bits per heavy atom. The zero-order valence-corrected chi connectivity index (χ0v) is 12.4. The molecule has 3 rings (SSSR count). The zero-order valence-electron chi connectivity index (χ0n) is 12.4. The van der Waals surface area contributed by atoms with Gasteiger partial charge in [-0.05, 0) is 43.4 Å². The van der Waals surface area contributed by atoms with E-state index in [-0.39, 0.29) is 5.97 Å². The number of hydrogen-bond donors (Lipinski definition) is 1. The number of para-hydroxylation sites is 1. The van der Waals surface area contributed by atoms with Crippen molar-refractivity contribution < 1.29 is 9.53 Å². The molecular formula is C18H21NO2. The number of carbonyl (C=O) groups is 1. The Hall–Kier alpha value is -2.03. The monoisotopic (exact) mass is 283 g/mol. The molecule has 3 heteroatoms. The molecule has 110 valence electrons. The van der Waals surface area contributed by atoms with E-state index in [2.05, 4.69) is 35.7 Å². The molecule has 0 radical (unpaired) electrons. The molecule has 1 unspecified atom stereocenters. The highest BCUT2D eigenvalue weighted by Crippen LogP contribution is 2.39. The number of ether oxygens (including phenoxy) is 1. The number of fused-ring (bicyclic) bond motifs is 3. The number of esters is 1.